The van der Waals surface area contributed by atoms with E-state index in [9.17, 15) is 14.0 Å². The number of benzene rings is 2. The number of hydrogen-bond acceptors (Lipinski definition) is 3. The van der Waals surface area contributed by atoms with Crippen LogP contribution in [0.5, 0.6) is 5.75 Å². The summed E-state index contributed by atoms with van der Waals surface area (Å²) >= 11 is 0. The number of carbonyl (C=O) groups excluding carboxylic acids is 2. The molecule has 29 heavy (non-hydrogen) atoms. The van der Waals surface area contributed by atoms with Gasteiger partial charge >= 0.3 is 0 Å². The van der Waals surface area contributed by atoms with Gasteiger partial charge < -0.3 is 15.0 Å². The zero-order valence-corrected chi connectivity index (χ0v) is 17.4. The second-order valence-corrected chi connectivity index (χ2v) is 7.21. The zero-order chi connectivity index (χ0) is 21.4. The Kier molecular flexibility index (Phi) is 8.19. The second kappa shape index (κ2) is 10.6. The zero-order valence-electron chi connectivity index (χ0n) is 17.4. The van der Waals surface area contributed by atoms with Gasteiger partial charge in [-0.1, -0.05) is 42.8 Å². The average Bonchev–Trinajstić information content (AvgIpc) is 2.71. The van der Waals surface area contributed by atoms with E-state index in [1.54, 1.807) is 37.3 Å². The minimum Gasteiger partial charge on any atom is -0.484 e. The molecule has 2 aromatic carbocycles. The van der Waals surface area contributed by atoms with E-state index < -0.39 is 11.9 Å². The number of carbonyl (C=O) groups is 2. The summed E-state index contributed by atoms with van der Waals surface area (Å²) in [5.41, 5.74) is 1.43. The standard InChI is InChI=1S/C23H29FN2O3/c1-5-17(3)25-23(28)18(4)26(14-19-8-6-7-9-21(19)24)22(27)15-29-20-12-10-16(2)11-13-20/h6-13,17-18H,5,14-15H2,1-4H3,(H,25,28)/t17-,18-/m0/s1. The maximum Gasteiger partial charge on any atom is 0.261 e. The average molecular weight is 400 g/mol. The van der Waals surface area contributed by atoms with E-state index in [2.05, 4.69) is 5.32 Å². The normalized spacial score (nSPS) is 12.7. The lowest BCUT2D eigenvalue weighted by Crippen LogP contribution is -2.50. The molecule has 1 N–H and O–H groups in total. The van der Waals surface area contributed by atoms with E-state index in [1.807, 2.05) is 32.9 Å². The van der Waals surface area contributed by atoms with Gasteiger partial charge in [-0.15, -0.1) is 0 Å². The Morgan fingerprint density at radius 2 is 1.76 bits per heavy atom. The number of rotatable bonds is 9. The summed E-state index contributed by atoms with van der Waals surface area (Å²) < 4.78 is 19.7. The first-order valence-electron chi connectivity index (χ1n) is 9.84. The molecule has 156 valence electrons. The van der Waals surface area contributed by atoms with Gasteiger partial charge in [-0.2, -0.15) is 0 Å². The number of nitrogens with zero attached hydrogens (tertiary/aromatic N) is 1. The minimum absolute atomic E-state index is 0.0147. The SMILES string of the molecule is CC[C@H](C)NC(=O)[C@H](C)N(Cc1ccccc1F)C(=O)COc1ccc(C)cc1. The molecule has 0 heterocycles. The Balaban J connectivity index is 2.15. The highest BCUT2D eigenvalue weighted by atomic mass is 19.1. The van der Waals surface area contributed by atoms with E-state index in [0.29, 0.717) is 11.3 Å². The molecular formula is C23H29FN2O3. The quantitative estimate of drug-likeness (QED) is 0.696. The molecule has 2 rings (SSSR count). The highest BCUT2D eigenvalue weighted by Gasteiger charge is 2.27. The summed E-state index contributed by atoms with van der Waals surface area (Å²) in [6.45, 7) is 7.21. The molecule has 5 nitrogen and oxygen atoms in total. The number of ether oxygens (including phenoxy) is 1. The maximum atomic E-state index is 14.2. The van der Waals surface area contributed by atoms with Gasteiger partial charge in [-0.25, -0.2) is 4.39 Å². The third kappa shape index (κ3) is 6.59. The van der Waals surface area contributed by atoms with Gasteiger partial charge in [0, 0.05) is 18.2 Å². The molecule has 0 bridgehead atoms. The van der Waals surface area contributed by atoms with Crippen molar-refractivity contribution in [3.63, 3.8) is 0 Å². The number of amides is 2. The van der Waals surface area contributed by atoms with Crippen molar-refractivity contribution in [2.45, 2.75) is 52.7 Å². The summed E-state index contributed by atoms with van der Waals surface area (Å²) in [6.07, 6.45) is 0.774. The molecular weight excluding hydrogens is 371 g/mol. The Morgan fingerprint density at radius 1 is 1.10 bits per heavy atom. The first-order chi connectivity index (χ1) is 13.8. The van der Waals surface area contributed by atoms with Gasteiger partial charge in [-0.3, -0.25) is 9.59 Å². The lowest BCUT2D eigenvalue weighted by molar-refractivity contribution is -0.142. The molecule has 2 atom stereocenters. The van der Waals surface area contributed by atoms with Gasteiger partial charge in [0.1, 0.15) is 17.6 Å². The monoisotopic (exact) mass is 400 g/mol. The predicted molar refractivity (Wildman–Crippen MR) is 111 cm³/mol. The molecule has 6 heteroatoms. The van der Waals surface area contributed by atoms with Gasteiger partial charge in [0.25, 0.3) is 5.91 Å². The van der Waals surface area contributed by atoms with Crippen LogP contribution in [0.15, 0.2) is 48.5 Å². The van der Waals surface area contributed by atoms with E-state index >= 15 is 0 Å². The molecule has 2 amide bonds. The number of halogens is 1. The van der Waals surface area contributed by atoms with Crippen molar-refractivity contribution in [3.05, 3.63) is 65.5 Å². The number of hydrogen-bond donors (Lipinski definition) is 1. The van der Waals surface area contributed by atoms with Crippen LogP contribution in [-0.2, 0) is 16.1 Å². The van der Waals surface area contributed by atoms with Crippen molar-refractivity contribution < 1.29 is 18.7 Å². The van der Waals surface area contributed by atoms with Gasteiger partial charge in [0.05, 0.1) is 0 Å². The van der Waals surface area contributed by atoms with Crippen LogP contribution < -0.4 is 10.1 Å². The molecule has 0 fully saturated rings. The fraction of sp³-hybridized carbons (Fsp3) is 0.391. The Morgan fingerprint density at radius 3 is 2.38 bits per heavy atom. The van der Waals surface area contributed by atoms with E-state index in [-0.39, 0.29) is 31.0 Å². The highest BCUT2D eigenvalue weighted by molar-refractivity contribution is 5.88. The van der Waals surface area contributed by atoms with Crippen molar-refractivity contribution in [3.8, 4) is 5.75 Å². The van der Waals surface area contributed by atoms with E-state index in [0.717, 1.165) is 12.0 Å². The predicted octanol–water partition coefficient (Wildman–Crippen LogP) is 3.84. The van der Waals surface area contributed by atoms with Crippen molar-refractivity contribution >= 4 is 11.8 Å². The molecule has 0 aliphatic carbocycles. The molecule has 0 radical (unpaired) electrons. The number of aryl methyl sites for hydroxylation is 1. The van der Waals surface area contributed by atoms with Gasteiger partial charge in [0.15, 0.2) is 6.61 Å². The van der Waals surface area contributed by atoms with Crippen molar-refractivity contribution in [1.29, 1.82) is 0 Å². The molecule has 2 aromatic rings. The maximum absolute atomic E-state index is 14.2. The minimum atomic E-state index is -0.766. The molecule has 0 saturated carbocycles. The van der Waals surface area contributed by atoms with Crippen molar-refractivity contribution in [1.82, 2.24) is 10.2 Å². The second-order valence-electron chi connectivity index (χ2n) is 7.21. The molecule has 0 aromatic heterocycles. The van der Waals surface area contributed by atoms with Gasteiger partial charge in [0.2, 0.25) is 5.91 Å². The van der Waals surface area contributed by atoms with Crippen molar-refractivity contribution in [2.24, 2.45) is 0 Å². The first-order valence-corrected chi connectivity index (χ1v) is 9.84. The highest BCUT2D eigenvalue weighted by Crippen LogP contribution is 2.15. The topological polar surface area (TPSA) is 58.6 Å². The van der Waals surface area contributed by atoms with E-state index in [1.165, 1.54) is 11.0 Å². The number of nitrogens with one attached hydrogen (secondary N) is 1. The van der Waals surface area contributed by atoms with Crippen LogP contribution in [0.25, 0.3) is 0 Å². The van der Waals surface area contributed by atoms with Crippen LogP contribution in [0.3, 0.4) is 0 Å². The Bertz CT molecular complexity index is 823. The van der Waals surface area contributed by atoms with E-state index in [4.69, 9.17) is 4.74 Å². The summed E-state index contributed by atoms with van der Waals surface area (Å²) in [6, 6.07) is 12.8. The smallest absolute Gasteiger partial charge is 0.261 e. The van der Waals surface area contributed by atoms with Crippen LogP contribution in [-0.4, -0.2) is 35.4 Å². The fourth-order valence-corrected chi connectivity index (χ4v) is 2.72. The molecule has 0 saturated heterocycles. The van der Waals surface area contributed by atoms with Crippen LogP contribution in [0, 0.1) is 12.7 Å². The van der Waals surface area contributed by atoms with Crippen LogP contribution in [0.4, 0.5) is 4.39 Å². The largest absolute Gasteiger partial charge is 0.484 e. The summed E-state index contributed by atoms with van der Waals surface area (Å²) in [5.74, 6) is -0.522. The van der Waals surface area contributed by atoms with Crippen LogP contribution in [0.1, 0.15) is 38.3 Å². The lowest BCUT2D eigenvalue weighted by atomic mass is 10.1. The summed E-state index contributed by atoms with van der Waals surface area (Å²) in [7, 11) is 0. The summed E-state index contributed by atoms with van der Waals surface area (Å²) in [4.78, 5) is 26.9. The van der Waals surface area contributed by atoms with Gasteiger partial charge in [-0.05, 0) is 45.4 Å². The summed E-state index contributed by atoms with van der Waals surface area (Å²) in [5, 5.41) is 2.88. The molecule has 0 unspecified atom stereocenters. The fourth-order valence-electron chi connectivity index (χ4n) is 2.72. The Labute approximate surface area is 171 Å². The molecule has 0 aliphatic heterocycles. The first kappa shape index (κ1) is 22.4. The lowest BCUT2D eigenvalue weighted by Gasteiger charge is -2.29. The molecule has 0 aliphatic rings. The third-order valence-electron chi connectivity index (χ3n) is 4.85. The van der Waals surface area contributed by atoms with Crippen molar-refractivity contribution in [2.75, 3.05) is 6.61 Å². The third-order valence-corrected chi connectivity index (χ3v) is 4.85. The molecule has 0 spiro atoms. The van der Waals surface area contributed by atoms with Crippen LogP contribution in [0.2, 0.25) is 0 Å². The Hall–Kier alpha value is -2.89. The van der Waals surface area contributed by atoms with Crippen LogP contribution >= 0.6 is 0 Å².